The molecule has 0 amide bonds. The van der Waals surface area contributed by atoms with Gasteiger partial charge in [-0.2, -0.15) is 0 Å². The zero-order valence-electron chi connectivity index (χ0n) is 11.9. The molecule has 0 fully saturated rings. The van der Waals surface area contributed by atoms with E-state index in [9.17, 15) is 4.79 Å². The highest BCUT2D eigenvalue weighted by Crippen LogP contribution is 2.21. The Morgan fingerprint density at radius 3 is 2.60 bits per heavy atom. The summed E-state index contributed by atoms with van der Waals surface area (Å²) in [5.41, 5.74) is 2.35. The summed E-state index contributed by atoms with van der Waals surface area (Å²) in [6.45, 7) is 4.56. The Kier molecular flexibility index (Phi) is 4.96. The predicted molar refractivity (Wildman–Crippen MR) is 80.2 cm³/mol. The third-order valence-electron chi connectivity index (χ3n) is 3.14. The van der Waals surface area contributed by atoms with Crippen molar-refractivity contribution in [2.75, 3.05) is 13.7 Å². The van der Waals surface area contributed by atoms with E-state index in [2.05, 4.69) is 24.4 Å². The molecule has 20 heavy (non-hydrogen) atoms. The van der Waals surface area contributed by atoms with Crippen LogP contribution in [0.5, 0.6) is 5.75 Å². The highest BCUT2D eigenvalue weighted by molar-refractivity contribution is 5.37. The molecular formula is C16H20N2O2. The Balaban J connectivity index is 2.23. The lowest BCUT2D eigenvalue weighted by Gasteiger charge is -2.13. The van der Waals surface area contributed by atoms with Gasteiger partial charge in [-0.05, 0) is 24.2 Å². The van der Waals surface area contributed by atoms with E-state index in [4.69, 9.17) is 4.74 Å². The lowest BCUT2D eigenvalue weighted by molar-refractivity contribution is 0.408. The van der Waals surface area contributed by atoms with Gasteiger partial charge in [0.05, 0.1) is 13.7 Å². The van der Waals surface area contributed by atoms with Crippen molar-refractivity contribution in [2.24, 2.45) is 0 Å². The van der Waals surface area contributed by atoms with Crippen LogP contribution in [-0.4, -0.2) is 18.2 Å². The number of hydrogen-bond donors (Lipinski definition) is 1. The van der Waals surface area contributed by atoms with Crippen LogP contribution in [0.25, 0.3) is 0 Å². The van der Waals surface area contributed by atoms with Crippen LogP contribution in [-0.2, 0) is 13.1 Å². The van der Waals surface area contributed by atoms with Crippen LogP contribution in [0.3, 0.4) is 0 Å². The Bertz CT molecular complexity index is 600. The van der Waals surface area contributed by atoms with Crippen molar-refractivity contribution in [1.82, 2.24) is 9.88 Å². The van der Waals surface area contributed by atoms with Gasteiger partial charge < -0.3 is 14.6 Å². The maximum Gasteiger partial charge on any atom is 0.181 e. The summed E-state index contributed by atoms with van der Waals surface area (Å²) in [5, 5.41) is 3.31. The molecular weight excluding hydrogens is 252 g/mol. The number of nitrogens with zero attached hydrogens (tertiary/aromatic N) is 1. The molecule has 2 aromatic rings. The molecule has 1 heterocycles. The summed E-state index contributed by atoms with van der Waals surface area (Å²) in [4.78, 5) is 11.1. The lowest BCUT2D eigenvalue weighted by atomic mass is 10.1. The number of nitrogens with one attached hydrogen (secondary N) is 1. The second kappa shape index (κ2) is 6.91. The number of pyridine rings is 1. The minimum atomic E-state index is 0.0223. The van der Waals surface area contributed by atoms with Crippen LogP contribution in [0, 0.1) is 0 Å². The first-order valence-electron chi connectivity index (χ1n) is 6.75. The molecule has 4 nitrogen and oxygen atoms in total. The number of ether oxygens (including phenoxy) is 1. The molecule has 0 aliphatic rings. The van der Waals surface area contributed by atoms with E-state index >= 15 is 0 Å². The highest BCUT2D eigenvalue weighted by Gasteiger charge is 2.05. The molecule has 0 bridgehead atoms. The molecule has 106 valence electrons. The van der Waals surface area contributed by atoms with Crippen molar-refractivity contribution in [3.63, 3.8) is 0 Å². The Hall–Kier alpha value is -2.07. The van der Waals surface area contributed by atoms with Gasteiger partial charge in [-0.25, -0.2) is 0 Å². The molecule has 2 rings (SSSR count). The quantitative estimate of drug-likeness (QED) is 0.875. The number of hydrogen-bond acceptors (Lipinski definition) is 3. The fourth-order valence-electron chi connectivity index (χ4n) is 2.08. The van der Waals surface area contributed by atoms with Crippen molar-refractivity contribution in [1.29, 1.82) is 0 Å². The van der Waals surface area contributed by atoms with Gasteiger partial charge >= 0.3 is 0 Å². The predicted octanol–water partition coefficient (Wildman–Crippen LogP) is 2.01. The smallest absolute Gasteiger partial charge is 0.181 e. The standard InChI is InChI=1S/C16H20N2O2/c1-3-17-11-13-4-5-16(20-2)14(10-13)12-18-8-6-15(19)7-9-18/h4-10,17H,3,11-12H2,1-2H3. The first-order valence-corrected chi connectivity index (χ1v) is 6.75. The number of aromatic nitrogens is 1. The molecule has 4 heteroatoms. The molecule has 0 radical (unpaired) electrons. The minimum Gasteiger partial charge on any atom is -0.496 e. The summed E-state index contributed by atoms with van der Waals surface area (Å²) in [6, 6.07) is 9.32. The molecule has 0 saturated heterocycles. The third kappa shape index (κ3) is 3.71. The van der Waals surface area contributed by atoms with E-state index in [-0.39, 0.29) is 5.43 Å². The monoisotopic (exact) mass is 272 g/mol. The van der Waals surface area contributed by atoms with Crippen molar-refractivity contribution >= 4 is 0 Å². The van der Waals surface area contributed by atoms with Gasteiger partial charge in [0.15, 0.2) is 5.43 Å². The van der Waals surface area contributed by atoms with Crippen molar-refractivity contribution in [3.8, 4) is 5.75 Å². The summed E-state index contributed by atoms with van der Waals surface area (Å²) in [6.07, 6.45) is 3.58. The summed E-state index contributed by atoms with van der Waals surface area (Å²) >= 11 is 0. The number of benzene rings is 1. The highest BCUT2D eigenvalue weighted by atomic mass is 16.5. The fourth-order valence-corrected chi connectivity index (χ4v) is 2.08. The fraction of sp³-hybridized carbons (Fsp3) is 0.312. The van der Waals surface area contributed by atoms with Crippen LogP contribution < -0.4 is 15.5 Å². The van der Waals surface area contributed by atoms with Gasteiger partial charge in [-0.15, -0.1) is 0 Å². The van der Waals surface area contributed by atoms with Gasteiger partial charge in [-0.3, -0.25) is 4.79 Å². The topological polar surface area (TPSA) is 43.3 Å². The van der Waals surface area contributed by atoms with Crippen LogP contribution in [0.4, 0.5) is 0 Å². The maximum absolute atomic E-state index is 11.1. The molecule has 1 aromatic carbocycles. The number of rotatable bonds is 6. The van der Waals surface area contributed by atoms with E-state index in [1.54, 1.807) is 31.6 Å². The molecule has 0 aliphatic heterocycles. The van der Waals surface area contributed by atoms with Crippen molar-refractivity contribution < 1.29 is 4.74 Å². The van der Waals surface area contributed by atoms with Crippen LogP contribution >= 0.6 is 0 Å². The number of methoxy groups -OCH3 is 1. The summed E-state index contributed by atoms with van der Waals surface area (Å²) < 4.78 is 7.37. The molecule has 1 N–H and O–H groups in total. The van der Waals surface area contributed by atoms with Crippen molar-refractivity contribution in [2.45, 2.75) is 20.0 Å². The molecule has 0 spiro atoms. The van der Waals surface area contributed by atoms with Crippen LogP contribution in [0.15, 0.2) is 47.5 Å². The molecule has 0 saturated carbocycles. The second-order valence-electron chi connectivity index (χ2n) is 4.63. The zero-order chi connectivity index (χ0) is 14.4. The maximum atomic E-state index is 11.1. The SMILES string of the molecule is CCNCc1ccc(OC)c(Cn2ccc(=O)cc2)c1. The minimum absolute atomic E-state index is 0.0223. The zero-order valence-corrected chi connectivity index (χ0v) is 11.9. The van der Waals surface area contributed by atoms with Gasteiger partial charge in [-0.1, -0.05) is 13.0 Å². The van der Waals surface area contributed by atoms with E-state index in [1.807, 2.05) is 10.6 Å². The summed E-state index contributed by atoms with van der Waals surface area (Å²) in [7, 11) is 1.67. The van der Waals surface area contributed by atoms with Gasteiger partial charge in [0.1, 0.15) is 5.75 Å². The molecule has 0 atom stereocenters. The largest absolute Gasteiger partial charge is 0.496 e. The van der Waals surface area contributed by atoms with Crippen LogP contribution in [0.1, 0.15) is 18.1 Å². The lowest BCUT2D eigenvalue weighted by Crippen LogP contribution is -2.12. The molecule has 1 aromatic heterocycles. The van der Waals surface area contributed by atoms with E-state index in [0.29, 0.717) is 6.54 Å². The average Bonchev–Trinajstić information content (AvgIpc) is 2.48. The van der Waals surface area contributed by atoms with E-state index < -0.39 is 0 Å². The molecule has 0 aliphatic carbocycles. The summed E-state index contributed by atoms with van der Waals surface area (Å²) in [5.74, 6) is 0.865. The van der Waals surface area contributed by atoms with Crippen molar-refractivity contribution in [3.05, 3.63) is 64.1 Å². The Labute approximate surface area is 119 Å². The Morgan fingerprint density at radius 2 is 1.95 bits per heavy atom. The Morgan fingerprint density at radius 1 is 1.20 bits per heavy atom. The first-order chi connectivity index (χ1) is 9.72. The van der Waals surface area contributed by atoms with Gasteiger partial charge in [0, 0.05) is 36.6 Å². The average molecular weight is 272 g/mol. The van der Waals surface area contributed by atoms with E-state index in [0.717, 1.165) is 24.4 Å². The second-order valence-corrected chi connectivity index (χ2v) is 4.63. The third-order valence-corrected chi connectivity index (χ3v) is 3.14. The first kappa shape index (κ1) is 14.3. The normalized spacial score (nSPS) is 10.5. The van der Waals surface area contributed by atoms with E-state index in [1.165, 1.54) is 5.56 Å². The van der Waals surface area contributed by atoms with Gasteiger partial charge in [0.2, 0.25) is 0 Å². The van der Waals surface area contributed by atoms with Crippen LogP contribution in [0.2, 0.25) is 0 Å². The molecule has 0 unspecified atom stereocenters. The van der Waals surface area contributed by atoms with Gasteiger partial charge in [0.25, 0.3) is 0 Å².